The van der Waals surface area contributed by atoms with E-state index in [1.165, 1.54) is 59.1 Å². The zero-order chi connectivity index (χ0) is 112. The van der Waals surface area contributed by atoms with E-state index in [1.54, 1.807) is 130 Å². The Labute approximate surface area is 865 Å². The Bertz CT molecular complexity index is 5050. The molecular weight excluding hydrogens is 1950 g/mol. The van der Waals surface area contributed by atoms with Crippen molar-refractivity contribution >= 4 is 130 Å². The number of carbonyl (C=O) groups is 22. The summed E-state index contributed by atoms with van der Waals surface area (Å²) >= 11 is 0. The lowest BCUT2D eigenvalue weighted by Crippen LogP contribution is -2.62. The van der Waals surface area contributed by atoms with Crippen molar-refractivity contribution in [3.8, 4) is 0 Å². The number of rotatable bonds is 64. The molecule has 23 atom stereocenters. The van der Waals surface area contributed by atoms with E-state index in [2.05, 4.69) is 95.0 Å². The number of carboxylic acids is 4. The number of aliphatic hydroxyl groups excluding tert-OH is 2. The molecule has 2 aromatic carbocycles. The van der Waals surface area contributed by atoms with Gasteiger partial charge in [0.1, 0.15) is 115 Å². The van der Waals surface area contributed by atoms with Crippen LogP contribution in [-0.2, 0) is 125 Å². The van der Waals surface area contributed by atoms with E-state index in [0.29, 0.717) is 17.5 Å². The molecule has 0 spiro atoms. The largest absolute Gasteiger partial charge is 0.481 e. The number of carboxylic acid groups (broad SMARTS) is 4. The summed E-state index contributed by atoms with van der Waals surface area (Å²) in [7, 11) is 1.34. The quantitative estimate of drug-likeness (QED) is 0.0243. The maximum absolute atomic E-state index is 15.1. The molecule has 1 fully saturated rings. The molecule has 1 aliphatic heterocycles. The van der Waals surface area contributed by atoms with E-state index in [-0.39, 0.29) is 88.9 Å². The molecule has 1 aliphatic rings. The van der Waals surface area contributed by atoms with Crippen molar-refractivity contribution in [2.45, 2.75) is 341 Å². The summed E-state index contributed by atoms with van der Waals surface area (Å²) in [5, 5.41) is 99.3. The average molecular weight is 2100 g/mol. The minimum atomic E-state index is -2.00. The van der Waals surface area contributed by atoms with E-state index < -0.39 is 319 Å². The monoisotopic (exact) mass is 2100 g/mol. The van der Waals surface area contributed by atoms with Gasteiger partial charge in [0.25, 0.3) is 0 Å². The van der Waals surface area contributed by atoms with Crippen LogP contribution in [0.1, 0.15) is 217 Å². The highest BCUT2D eigenvalue weighted by Gasteiger charge is 2.47. The van der Waals surface area contributed by atoms with Gasteiger partial charge >= 0.3 is 23.9 Å². The summed E-state index contributed by atoms with van der Waals surface area (Å²) in [5.74, 6) is -25.8. The summed E-state index contributed by atoms with van der Waals surface area (Å²) in [6.07, 6.45) is -1.44. The van der Waals surface area contributed by atoms with Crippen molar-refractivity contribution in [3.63, 3.8) is 0 Å². The van der Waals surface area contributed by atoms with Crippen LogP contribution in [0.15, 0.2) is 73.2 Å². The predicted molar refractivity (Wildman–Crippen MR) is 538 cm³/mol. The number of nitrogens with two attached hydrogens (primary N) is 2. The fraction of sp³-hybridized carbons (Fsp3) is 0.626. The number of aromatic amines is 1. The number of H-pyrrole nitrogens is 1. The lowest BCUT2D eigenvalue weighted by Gasteiger charge is -2.40. The van der Waals surface area contributed by atoms with Crippen molar-refractivity contribution in [2.75, 3.05) is 26.7 Å². The fourth-order valence-corrected chi connectivity index (χ4v) is 16.1. The van der Waals surface area contributed by atoms with E-state index >= 15 is 9.59 Å². The fourth-order valence-electron chi connectivity index (χ4n) is 16.1. The molecular formula is C99H154N22O28. The molecule has 149 heavy (non-hydrogen) atoms. The maximum Gasteiger partial charge on any atom is 0.326 e. The molecule has 18 amide bonds. The molecule has 828 valence electrons. The summed E-state index contributed by atoms with van der Waals surface area (Å²) in [6, 6.07) is -12.1. The third-order valence-electron chi connectivity index (χ3n) is 25.5. The Morgan fingerprint density at radius 2 is 0.805 bits per heavy atom. The second-order valence-electron chi connectivity index (χ2n) is 39.3. The van der Waals surface area contributed by atoms with Crippen molar-refractivity contribution in [2.24, 2.45) is 40.6 Å². The first-order valence-corrected chi connectivity index (χ1v) is 50.1. The number of carbonyl (C=O) groups excluding carboxylic acids is 18. The number of nitrogens with zero attached hydrogens (tertiary/aromatic N) is 3. The number of likely N-dealkylation sites (tertiary alicyclic amines) is 1. The minimum absolute atomic E-state index is 0.00868. The lowest BCUT2D eigenvalue weighted by molar-refractivity contribution is -0.151. The molecule has 50 nitrogen and oxygen atoms in total. The molecule has 0 saturated carbocycles. The minimum Gasteiger partial charge on any atom is -0.481 e. The highest BCUT2D eigenvalue weighted by molar-refractivity contribution is 6.03. The van der Waals surface area contributed by atoms with Crippen LogP contribution in [-0.4, -0.2) is 328 Å². The van der Waals surface area contributed by atoms with E-state index in [4.69, 9.17) is 11.5 Å². The molecule has 2 heterocycles. The van der Waals surface area contributed by atoms with Gasteiger partial charge in [-0.15, -0.1) is 0 Å². The maximum atomic E-state index is 15.1. The molecule has 0 unspecified atom stereocenters. The van der Waals surface area contributed by atoms with Crippen LogP contribution >= 0.6 is 0 Å². The Kier molecular flexibility index (Phi) is 53.1. The Morgan fingerprint density at radius 3 is 1.24 bits per heavy atom. The van der Waals surface area contributed by atoms with Crippen LogP contribution in [0.25, 0.3) is 0 Å². The number of hydrogen-bond donors (Lipinski definition) is 25. The van der Waals surface area contributed by atoms with Crippen molar-refractivity contribution in [1.29, 1.82) is 0 Å². The van der Waals surface area contributed by atoms with Crippen LogP contribution in [0.3, 0.4) is 0 Å². The van der Waals surface area contributed by atoms with Gasteiger partial charge in [0.05, 0.1) is 31.2 Å². The second-order valence-corrected chi connectivity index (χ2v) is 39.3. The highest BCUT2D eigenvalue weighted by atomic mass is 16.4. The van der Waals surface area contributed by atoms with Crippen LogP contribution in [0.2, 0.25) is 0 Å². The number of benzene rings is 2. The molecule has 1 aromatic heterocycles. The number of aliphatic carboxylic acids is 4. The number of aliphatic hydroxyl groups is 2. The van der Waals surface area contributed by atoms with Gasteiger partial charge < -0.3 is 142 Å². The SMILES string of the molecule is CC[C@H](C)[C@H](NC(=O)[C@H](C)NC(=O)[C@H](C)NC(=O)[C@@H](N(C)C(=O)[C@@H]1CCCN1C(=O)[C@H](CCCCN)NC(=O)[C@H](Cc1ccccc1)NC(=O)[C@H](C)NC(=O)[C@H](CO)NC(=O)[C@H](Cc1ccccc1)NC(=O)[C@H](CC(C)C)NC(=O)[C@@H](N)[C@@H](C)O)C(C)(C)C)C(=O)N[C@@H](C)C(=O)N[C@@H](CC(=O)O)C(=O)N[C@H](C(=O)N[C@@H](CCC(=O)O)C(=O)N[C@@H](Cc1c[nH]cn1)C(=O)N[C@H](C(=O)N[C@@H](CCC(=O)O)C(=O)O)[C@@H](C)CC)[C@@H](C)CC. The molecule has 0 radical (unpaired) electrons. The van der Waals surface area contributed by atoms with Crippen LogP contribution in [0.5, 0.6) is 0 Å². The standard InChI is InChI=1S/C99H154N22O28/c1-18-51(6)76(92(142)106-56(11)82(132)112-69(46-74(128)129)89(139)119-77(52(7)19-2)93(143)108-62(36-38-72(124)125)84(134)114-68(45-61-47-102-49-103-61)88(138)118-78(53(8)20-3)94(144)110-64(98(148)149)37-39-73(126)127)117-83(133)57(12)104-80(130)54(9)107-95(145)79(99(14,15)16)120(17)97(147)71-35-29-41-121(71)96(146)63(34-27-28-40-100)109-86(136)66(43-59-30-23-21-24-31-59)111-81(131)55(10)105-90(140)70(48-122)116-87(137)67(44-60-32-25-22-26-33-60)113-85(135)65(42-50(4)5)115-91(141)75(101)58(13)123/h21-26,30-33,47,49-58,62-71,75-79,122-123H,18-20,27-29,34-46,48,100-101H2,1-17H3,(H,102,103)(H,104,130)(H,105,140)(H,106,142)(H,107,145)(H,108,143)(H,109,136)(H,110,144)(H,111,131)(H,112,132)(H,113,135)(H,114,134)(H,115,141)(H,116,137)(H,117,133)(H,118,138)(H,119,139)(H,124,125)(H,126,127)(H,128,129)(H,148,149)/t51-,52-,53-,54-,55-,56-,57-,58+,62-,63-,64-,65-,66-,67-,68-,69-,70-,71-,75-,76-,77-,78-,79+/m0/s1. The predicted octanol–water partition coefficient (Wildman–Crippen LogP) is -3.56. The molecule has 0 bridgehead atoms. The first-order valence-electron chi connectivity index (χ1n) is 50.1. The number of amides is 18. The van der Waals surface area contributed by atoms with Crippen molar-refractivity contribution < 1.29 is 136 Å². The number of aromatic nitrogens is 2. The van der Waals surface area contributed by atoms with Gasteiger partial charge in [0, 0.05) is 51.9 Å². The molecule has 1 saturated heterocycles. The van der Waals surface area contributed by atoms with Gasteiger partial charge in [-0.3, -0.25) is 101 Å². The number of hydrogen-bond acceptors (Lipinski definition) is 27. The van der Waals surface area contributed by atoms with Gasteiger partial charge in [-0.2, -0.15) is 0 Å². The van der Waals surface area contributed by atoms with Crippen molar-refractivity contribution in [3.05, 3.63) is 90.0 Å². The third kappa shape index (κ3) is 41.8. The summed E-state index contributed by atoms with van der Waals surface area (Å²) in [6.45, 7) is 23.5. The van der Waals surface area contributed by atoms with E-state index in [1.807, 2.05) is 0 Å². The molecule has 0 aliphatic carbocycles. The first-order chi connectivity index (χ1) is 69.9. The van der Waals surface area contributed by atoms with Crippen LogP contribution in [0, 0.1) is 29.1 Å². The van der Waals surface area contributed by atoms with Crippen molar-refractivity contribution in [1.82, 2.24) is 105 Å². The summed E-state index contributed by atoms with van der Waals surface area (Å²) in [5.41, 5.74) is 12.0. The zero-order valence-electron chi connectivity index (χ0n) is 87.6. The van der Waals surface area contributed by atoms with E-state index in [9.17, 15) is 127 Å². The molecule has 50 heteroatoms. The Morgan fingerprint density at radius 1 is 0.436 bits per heavy atom. The Hall–Kier alpha value is -14.2. The number of imidazole rings is 1. The van der Waals surface area contributed by atoms with Crippen LogP contribution in [0.4, 0.5) is 0 Å². The van der Waals surface area contributed by atoms with Gasteiger partial charge in [-0.05, 0) is 133 Å². The van der Waals surface area contributed by atoms with Crippen LogP contribution < -0.4 is 96.5 Å². The Balaban J connectivity index is 1.49. The molecule has 27 N–H and O–H groups in total. The molecule has 3 aromatic rings. The van der Waals surface area contributed by atoms with Gasteiger partial charge in [0.2, 0.25) is 106 Å². The highest BCUT2D eigenvalue weighted by Crippen LogP contribution is 2.29. The third-order valence-corrected chi connectivity index (χ3v) is 25.5. The summed E-state index contributed by atoms with van der Waals surface area (Å²) < 4.78 is 0. The lowest BCUT2D eigenvalue weighted by atomic mass is 9.84. The topological polar surface area (TPSA) is 777 Å². The average Bonchev–Trinajstić information content (AvgIpc) is 1.72. The smallest absolute Gasteiger partial charge is 0.326 e. The van der Waals surface area contributed by atoms with Gasteiger partial charge in [-0.25, -0.2) is 9.78 Å². The number of unbranched alkanes of at least 4 members (excludes halogenated alkanes) is 1. The summed E-state index contributed by atoms with van der Waals surface area (Å²) in [4.78, 5) is 314. The normalized spacial score (nSPS) is 16.8. The molecule has 4 rings (SSSR count). The second kappa shape index (κ2) is 62.2. The van der Waals surface area contributed by atoms with E-state index in [0.717, 1.165) is 11.8 Å². The number of nitrogens with one attached hydrogen (secondary N) is 17. The zero-order valence-corrected chi connectivity index (χ0v) is 87.6. The van der Waals surface area contributed by atoms with Gasteiger partial charge in [0.15, 0.2) is 0 Å². The number of likely N-dealkylation sites (N-methyl/N-ethyl adjacent to an activating group) is 1. The first kappa shape index (κ1) is 127. The van der Waals surface area contributed by atoms with Gasteiger partial charge in [-0.1, -0.05) is 156 Å².